The van der Waals surface area contributed by atoms with E-state index in [9.17, 15) is 4.79 Å². The maximum absolute atomic E-state index is 12.7. The highest BCUT2D eigenvalue weighted by molar-refractivity contribution is 6.12. The summed E-state index contributed by atoms with van der Waals surface area (Å²) in [6.07, 6.45) is 4.77. The molecule has 0 fully saturated rings. The standard InChI is InChI=1S/C21H19NO3/c1-13-6-8-14(9-7-13)20-19(21(23)22-2)18-15-5-3-4-12-24-16(15)10-11-17(18)25-20/h3-4,6-11H,5,12H2,1-2H3,(H,22,23). The molecule has 0 unspecified atom stereocenters. The van der Waals surface area contributed by atoms with Crippen molar-refractivity contribution in [3.8, 4) is 17.1 Å². The second-order valence-electron chi connectivity index (χ2n) is 6.15. The van der Waals surface area contributed by atoms with Crippen molar-refractivity contribution in [1.82, 2.24) is 5.32 Å². The van der Waals surface area contributed by atoms with Crippen molar-refractivity contribution < 1.29 is 13.9 Å². The number of hydrogen-bond donors (Lipinski definition) is 1. The predicted octanol–water partition coefficient (Wildman–Crippen LogP) is 4.26. The van der Waals surface area contributed by atoms with Crippen LogP contribution in [-0.2, 0) is 6.42 Å². The Bertz CT molecular complexity index is 981. The van der Waals surface area contributed by atoms with E-state index < -0.39 is 0 Å². The van der Waals surface area contributed by atoms with E-state index in [0.717, 1.165) is 27.8 Å². The summed E-state index contributed by atoms with van der Waals surface area (Å²) in [7, 11) is 1.64. The molecule has 0 spiro atoms. The molecule has 126 valence electrons. The summed E-state index contributed by atoms with van der Waals surface area (Å²) >= 11 is 0. The van der Waals surface area contributed by atoms with E-state index in [1.807, 2.05) is 49.4 Å². The van der Waals surface area contributed by atoms with Gasteiger partial charge in [-0.25, -0.2) is 0 Å². The van der Waals surface area contributed by atoms with Crippen LogP contribution in [0.15, 0.2) is 53.0 Å². The quantitative estimate of drug-likeness (QED) is 0.713. The van der Waals surface area contributed by atoms with Crippen LogP contribution < -0.4 is 10.1 Å². The first-order valence-corrected chi connectivity index (χ1v) is 8.34. The minimum Gasteiger partial charge on any atom is -0.489 e. The van der Waals surface area contributed by atoms with Gasteiger partial charge in [0.25, 0.3) is 5.91 Å². The number of aryl methyl sites for hydroxylation is 1. The molecule has 0 radical (unpaired) electrons. The van der Waals surface area contributed by atoms with Crippen LogP contribution >= 0.6 is 0 Å². The lowest BCUT2D eigenvalue weighted by Gasteiger charge is -2.09. The SMILES string of the molecule is CNC(=O)c1c(-c2ccc(C)cc2)oc2ccc3c(c12)CC=CCO3. The molecule has 1 aromatic heterocycles. The van der Waals surface area contributed by atoms with Gasteiger partial charge in [-0.15, -0.1) is 0 Å². The maximum Gasteiger partial charge on any atom is 0.255 e. The third kappa shape index (κ3) is 2.60. The van der Waals surface area contributed by atoms with E-state index in [2.05, 4.69) is 11.4 Å². The molecular weight excluding hydrogens is 314 g/mol. The van der Waals surface area contributed by atoms with Crippen LogP contribution in [-0.4, -0.2) is 19.6 Å². The van der Waals surface area contributed by atoms with Crippen LogP contribution in [0, 0.1) is 6.92 Å². The van der Waals surface area contributed by atoms with E-state index in [0.29, 0.717) is 29.9 Å². The first-order chi connectivity index (χ1) is 12.2. The minimum absolute atomic E-state index is 0.157. The number of allylic oxidation sites excluding steroid dienone is 1. The third-order valence-electron chi connectivity index (χ3n) is 4.51. The Morgan fingerprint density at radius 3 is 2.64 bits per heavy atom. The molecule has 0 saturated carbocycles. The molecule has 3 aromatic rings. The fraction of sp³-hybridized carbons (Fsp3) is 0.190. The minimum atomic E-state index is -0.157. The summed E-state index contributed by atoms with van der Waals surface area (Å²) in [4.78, 5) is 12.7. The zero-order valence-corrected chi connectivity index (χ0v) is 14.3. The third-order valence-corrected chi connectivity index (χ3v) is 4.51. The van der Waals surface area contributed by atoms with Crippen molar-refractivity contribution in [3.05, 3.63) is 65.2 Å². The molecule has 4 rings (SSSR count). The Labute approximate surface area is 146 Å². The van der Waals surface area contributed by atoms with Crippen molar-refractivity contribution in [2.75, 3.05) is 13.7 Å². The van der Waals surface area contributed by atoms with Gasteiger partial charge in [-0.3, -0.25) is 4.79 Å². The monoisotopic (exact) mass is 333 g/mol. The molecule has 1 amide bonds. The van der Waals surface area contributed by atoms with Gasteiger partial charge < -0.3 is 14.5 Å². The molecular formula is C21H19NO3. The van der Waals surface area contributed by atoms with E-state index in [4.69, 9.17) is 9.15 Å². The van der Waals surface area contributed by atoms with E-state index in [-0.39, 0.29) is 5.91 Å². The Kier molecular flexibility index (Phi) is 3.80. The van der Waals surface area contributed by atoms with Gasteiger partial charge in [0, 0.05) is 23.6 Å². The molecule has 4 nitrogen and oxygen atoms in total. The topological polar surface area (TPSA) is 51.5 Å². The number of carbonyl (C=O) groups excluding carboxylic acids is 1. The molecule has 1 N–H and O–H groups in total. The van der Waals surface area contributed by atoms with Gasteiger partial charge in [-0.1, -0.05) is 42.0 Å². The van der Waals surface area contributed by atoms with E-state index >= 15 is 0 Å². The lowest BCUT2D eigenvalue weighted by molar-refractivity contribution is 0.0964. The number of fused-ring (bicyclic) bond motifs is 3. The fourth-order valence-corrected chi connectivity index (χ4v) is 3.24. The number of ether oxygens (including phenoxy) is 1. The van der Waals surface area contributed by atoms with Gasteiger partial charge in [-0.2, -0.15) is 0 Å². The zero-order valence-electron chi connectivity index (χ0n) is 14.3. The van der Waals surface area contributed by atoms with E-state index in [1.54, 1.807) is 7.05 Å². The van der Waals surface area contributed by atoms with Gasteiger partial charge in [-0.05, 0) is 25.5 Å². The molecule has 1 aliphatic rings. The summed E-state index contributed by atoms with van der Waals surface area (Å²) in [5, 5.41) is 3.58. The van der Waals surface area contributed by atoms with Crippen LogP contribution in [0.4, 0.5) is 0 Å². The molecule has 4 heteroatoms. The number of hydrogen-bond acceptors (Lipinski definition) is 3. The normalized spacial score (nSPS) is 13.2. The van der Waals surface area contributed by atoms with Gasteiger partial charge >= 0.3 is 0 Å². The molecule has 2 heterocycles. The molecule has 2 aromatic carbocycles. The smallest absolute Gasteiger partial charge is 0.255 e. The van der Waals surface area contributed by atoms with Crippen molar-refractivity contribution in [3.63, 3.8) is 0 Å². The molecule has 0 bridgehead atoms. The number of benzene rings is 2. The average Bonchev–Trinajstić information content (AvgIpc) is 2.85. The largest absolute Gasteiger partial charge is 0.489 e. The Morgan fingerprint density at radius 1 is 1.08 bits per heavy atom. The number of rotatable bonds is 2. The maximum atomic E-state index is 12.7. The second kappa shape index (κ2) is 6.13. The van der Waals surface area contributed by atoms with Crippen LogP contribution in [0.5, 0.6) is 5.75 Å². The summed E-state index contributed by atoms with van der Waals surface area (Å²) in [6.45, 7) is 2.57. The van der Waals surface area contributed by atoms with Crippen LogP contribution in [0.2, 0.25) is 0 Å². The average molecular weight is 333 g/mol. The van der Waals surface area contributed by atoms with Gasteiger partial charge in [0.2, 0.25) is 0 Å². The van der Waals surface area contributed by atoms with E-state index in [1.165, 1.54) is 0 Å². The highest BCUT2D eigenvalue weighted by Crippen LogP contribution is 2.39. The highest BCUT2D eigenvalue weighted by atomic mass is 16.5. The Hall–Kier alpha value is -3.01. The molecule has 0 saturated heterocycles. The van der Waals surface area contributed by atoms with Crippen LogP contribution in [0.1, 0.15) is 21.5 Å². The number of furan rings is 1. The van der Waals surface area contributed by atoms with Crippen molar-refractivity contribution in [1.29, 1.82) is 0 Å². The molecule has 25 heavy (non-hydrogen) atoms. The number of nitrogens with one attached hydrogen (secondary N) is 1. The van der Waals surface area contributed by atoms with Gasteiger partial charge in [0.1, 0.15) is 23.7 Å². The molecule has 0 aliphatic carbocycles. The lowest BCUT2D eigenvalue weighted by atomic mass is 9.98. The first kappa shape index (κ1) is 15.5. The first-order valence-electron chi connectivity index (χ1n) is 8.34. The Balaban J connectivity index is 2.03. The highest BCUT2D eigenvalue weighted by Gasteiger charge is 2.25. The number of amides is 1. The van der Waals surface area contributed by atoms with Crippen LogP contribution in [0.3, 0.4) is 0 Å². The summed E-state index contributed by atoms with van der Waals surface area (Å²) in [5.41, 5.74) is 4.31. The van der Waals surface area contributed by atoms with Crippen molar-refractivity contribution in [2.24, 2.45) is 0 Å². The van der Waals surface area contributed by atoms with Crippen LogP contribution in [0.25, 0.3) is 22.3 Å². The second-order valence-corrected chi connectivity index (χ2v) is 6.15. The zero-order chi connectivity index (χ0) is 17.4. The molecule has 1 aliphatic heterocycles. The Morgan fingerprint density at radius 2 is 1.88 bits per heavy atom. The van der Waals surface area contributed by atoms with Gasteiger partial charge in [0.05, 0.1) is 5.56 Å². The summed E-state index contributed by atoms with van der Waals surface area (Å²) in [6, 6.07) is 11.8. The van der Waals surface area contributed by atoms with Gasteiger partial charge in [0.15, 0.2) is 0 Å². The fourth-order valence-electron chi connectivity index (χ4n) is 3.24. The summed E-state index contributed by atoms with van der Waals surface area (Å²) < 4.78 is 11.9. The number of carbonyl (C=O) groups is 1. The van der Waals surface area contributed by atoms with Crippen molar-refractivity contribution >= 4 is 16.9 Å². The summed E-state index contributed by atoms with van der Waals surface area (Å²) in [5.74, 6) is 1.24. The lowest BCUT2D eigenvalue weighted by Crippen LogP contribution is -2.18. The van der Waals surface area contributed by atoms with Crippen molar-refractivity contribution in [2.45, 2.75) is 13.3 Å². The molecule has 0 atom stereocenters. The predicted molar refractivity (Wildman–Crippen MR) is 98.1 cm³/mol.